The van der Waals surface area contributed by atoms with Gasteiger partial charge in [0.05, 0.1) is 0 Å². The summed E-state index contributed by atoms with van der Waals surface area (Å²) in [5.74, 6) is 0.362. The van der Waals surface area contributed by atoms with Gasteiger partial charge in [-0.05, 0) is 32.0 Å². The zero-order valence-electron chi connectivity index (χ0n) is 9.84. The molecule has 96 valence electrons. The lowest BCUT2D eigenvalue weighted by Crippen LogP contribution is -2.25. The van der Waals surface area contributed by atoms with Crippen molar-refractivity contribution in [3.05, 3.63) is 35.4 Å². The van der Waals surface area contributed by atoms with E-state index < -0.39 is 11.8 Å². The Hall–Kier alpha value is -1.78. The molecule has 1 aliphatic heterocycles. The fourth-order valence-corrected chi connectivity index (χ4v) is 1.99. The van der Waals surface area contributed by atoms with Crippen LogP contribution >= 0.6 is 0 Å². The standard InChI is InChI=1S/C13H11F3O2/c1-12(2)10(6-13(14,15)16)9-5-8(7-17)3-4-11(9)18-12/h3-7H,1-2H3. The van der Waals surface area contributed by atoms with Gasteiger partial charge in [0.25, 0.3) is 0 Å². The summed E-state index contributed by atoms with van der Waals surface area (Å²) in [6.07, 6.45) is -3.60. The third kappa shape index (κ3) is 2.25. The molecule has 18 heavy (non-hydrogen) atoms. The quantitative estimate of drug-likeness (QED) is 0.717. The van der Waals surface area contributed by atoms with Gasteiger partial charge in [0.1, 0.15) is 17.6 Å². The molecule has 0 saturated carbocycles. The van der Waals surface area contributed by atoms with Gasteiger partial charge in [-0.1, -0.05) is 0 Å². The Balaban J connectivity index is 2.60. The summed E-state index contributed by atoms with van der Waals surface area (Å²) in [7, 11) is 0. The van der Waals surface area contributed by atoms with Crippen molar-refractivity contribution in [2.24, 2.45) is 0 Å². The summed E-state index contributed by atoms with van der Waals surface area (Å²) in [6, 6.07) is 4.44. The molecule has 0 N–H and O–H groups in total. The lowest BCUT2D eigenvalue weighted by atomic mass is 9.92. The molecule has 1 aromatic carbocycles. The van der Waals surface area contributed by atoms with Gasteiger partial charge >= 0.3 is 6.18 Å². The molecule has 0 unspecified atom stereocenters. The van der Waals surface area contributed by atoms with Gasteiger partial charge in [-0.2, -0.15) is 13.2 Å². The minimum Gasteiger partial charge on any atom is -0.483 e. The van der Waals surface area contributed by atoms with Crippen molar-refractivity contribution < 1.29 is 22.7 Å². The molecule has 2 rings (SSSR count). The molecule has 0 fully saturated rings. The highest BCUT2D eigenvalue weighted by Crippen LogP contribution is 2.45. The van der Waals surface area contributed by atoms with Crippen molar-refractivity contribution >= 4 is 11.9 Å². The lowest BCUT2D eigenvalue weighted by Gasteiger charge is -2.20. The molecule has 0 bridgehead atoms. The molecule has 0 spiro atoms. The number of hydrogen-bond donors (Lipinski definition) is 0. The summed E-state index contributed by atoms with van der Waals surface area (Å²) in [4.78, 5) is 10.7. The number of rotatable bonds is 1. The average molecular weight is 256 g/mol. The zero-order chi connectivity index (χ0) is 13.6. The molecule has 0 radical (unpaired) electrons. The second-order valence-corrected chi connectivity index (χ2v) is 4.59. The number of ether oxygens (including phenoxy) is 1. The molecular weight excluding hydrogens is 245 g/mol. The monoisotopic (exact) mass is 256 g/mol. The molecule has 1 aromatic rings. The first-order valence-corrected chi connectivity index (χ1v) is 5.31. The predicted octanol–water partition coefficient (Wildman–Crippen LogP) is 3.62. The van der Waals surface area contributed by atoms with Gasteiger partial charge in [-0.3, -0.25) is 4.79 Å². The number of aldehydes is 1. The van der Waals surface area contributed by atoms with Crippen molar-refractivity contribution in [2.75, 3.05) is 0 Å². The highest BCUT2D eigenvalue weighted by atomic mass is 19.4. The lowest BCUT2D eigenvalue weighted by molar-refractivity contribution is -0.0799. The predicted molar refractivity (Wildman–Crippen MR) is 60.6 cm³/mol. The fourth-order valence-electron chi connectivity index (χ4n) is 1.99. The summed E-state index contributed by atoms with van der Waals surface area (Å²) < 4.78 is 43.0. The van der Waals surface area contributed by atoms with E-state index in [9.17, 15) is 18.0 Å². The normalized spacial score (nSPS) is 19.5. The maximum absolute atomic E-state index is 12.5. The van der Waals surface area contributed by atoms with Crippen LogP contribution in [0.4, 0.5) is 13.2 Å². The van der Waals surface area contributed by atoms with E-state index in [0.29, 0.717) is 23.2 Å². The van der Waals surface area contributed by atoms with E-state index in [2.05, 4.69) is 0 Å². The fraction of sp³-hybridized carbons (Fsp3) is 0.308. The minimum absolute atomic E-state index is 0.0358. The van der Waals surface area contributed by atoms with Gasteiger partial charge < -0.3 is 4.74 Å². The molecular formula is C13H11F3O2. The second-order valence-electron chi connectivity index (χ2n) is 4.59. The summed E-state index contributed by atoms with van der Waals surface area (Å²) in [5, 5.41) is 0. The highest BCUT2D eigenvalue weighted by molar-refractivity contribution is 5.85. The molecule has 1 aliphatic rings. The number of benzene rings is 1. The Morgan fingerprint density at radius 2 is 1.94 bits per heavy atom. The van der Waals surface area contributed by atoms with Crippen LogP contribution in [-0.2, 0) is 0 Å². The Bertz CT molecular complexity index is 528. The first-order chi connectivity index (χ1) is 8.23. The van der Waals surface area contributed by atoms with Gasteiger partial charge in [0.2, 0.25) is 0 Å². The van der Waals surface area contributed by atoms with E-state index in [4.69, 9.17) is 4.74 Å². The third-order valence-electron chi connectivity index (χ3n) is 2.75. The van der Waals surface area contributed by atoms with E-state index in [-0.39, 0.29) is 11.6 Å². The number of carbonyl (C=O) groups excluding carboxylic acids is 1. The van der Waals surface area contributed by atoms with Crippen LogP contribution in [0.25, 0.3) is 5.57 Å². The van der Waals surface area contributed by atoms with Crippen molar-refractivity contribution in [3.8, 4) is 5.75 Å². The molecule has 0 aromatic heterocycles. The molecule has 1 heterocycles. The first kappa shape index (κ1) is 12.7. The zero-order valence-corrected chi connectivity index (χ0v) is 9.84. The molecule has 0 aliphatic carbocycles. The topological polar surface area (TPSA) is 26.3 Å². The van der Waals surface area contributed by atoms with Crippen molar-refractivity contribution in [2.45, 2.75) is 25.6 Å². The molecule has 0 atom stereocenters. The average Bonchev–Trinajstić information content (AvgIpc) is 2.48. The summed E-state index contributed by atoms with van der Waals surface area (Å²) >= 11 is 0. The Labute approximate surface area is 102 Å². The third-order valence-corrected chi connectivity index (χ3v) is 2.75. The molecule has 0 saturated heterocycles. The van der Waals surface area contributed by atoms with Gasteiger partial charge in [0.15, 0.2) is 0 Å². The number of hydrogen-bond acceptors (Lipinski definition) is 2. The van der Waals surface area contributed by atoms with Crippen LogP contribution in [0.1, 0.15) is 29.8 Å². The Morgan fingerprint density at radius 3 is 2.50 bits per heavy atom. The number of halogens is 3. The van der Waals surface area contributed by atoms with Gasteiger partial charge in [0, 0.05) is 22.8 Å². The Morgan fingerprint density at radius 1 is 1.28 bits per heavy atom. The maximum Gasteiger partial charge on any atom is 0.410 e. The van der Waals surface area contributed by atoms with Crippen LogP contribution < -0.4 is 4.74 Å². The van der Waals surface area contributed by atoms with Crippen molar-refractivity contribution in [1.29, 1.82) is 0 Å². The van der Waals surface area contributed by atoms with E-state index >= 15 is 0 Å². The minimum atomic E-state index is -4.42. The van der Waals surface area contributed by atoms with Crippen LogP contribution in [-0.4, -0.2) is 18.1 Å². The molecule has 0 amide bonds. The van der Waals surface area contributed by atoms with Crippen LogP contribution in [0.2, 0.25) is 0 Å². The van der Waals surface area contributed by atoms with E-state index in [1.54, 1.807) is 13.8 Å². The van der Waals surface area contributed by atoms with Crippen LogP contribution in [0.3, 0.4) is 0 Å². The number of alkyl halides is 3. The van der Waals surface area contributed by atoms with Crippen LogP contribution in [0.5, 0.6) is 5.75 Å². The second kappa shape index (κ2) is 3.86. The maximum atomic E-state index is 12.5. The summed E-state index contributed by atoms with van der Waals surface area (Å²) in [6.45, 7) is 3.12. The van der Waals surface area contributed by atoms with Crippen LogP contribution in [0.15, 0.2) is 24.3 Å². The number of allylic oxidation sites excluding steroid dienone is 1. The van der Waals surface area contributed by atoms with E-state index in [1.165, 1.54) is 18.2 Å². The van der Waals surface area contributed by atoms with E-state index in [1.807, 2.05) is 0 Å². The largest absolute Gasteiger partial charge is 0.483 e. The van der Waals surface area contributed by atoms with Crippen molar-refractivity contribution in [1.82, 2.24) is 0 Å². The smallest absolute Gasteiger partial charge is 0.410 e. The van der Waals surface area contributed by atoms with Gasteiger partial charge in [-0.15, -0.1) is 0 Å². The summed E-state index contributed by atoms with van der Waals surface area (Å²) in [5.41, 5.74) is -0.377. The molecule has 5 heteroatoms. The van der Waals surface area contributed by atoms with Crippen molar-refractivity contribution in [3.63, 3.8) is 0 Å². The Kier molecular flexibility index (Phi) is 2.72. The van der Waals surface area contributed by atoms with Crippen LogP contribution in [0, 0.1) is 0 Å². The SMILES string of the molecule is CC1(C)Oc2ccc(C=O)cc2C1=CC(F)(F)F. The van der Waals surface area contributed by atoms with E-state index in [0.717, 1.165) is 0 Å². The number of fused-ring (bicyclic) bond motifs is 1. The molecule has 2 nitrogen and oxygen atoms in total. The number of carbonyl (C=O) groups is 1. The van der Waals surface area contributed by atoms with Gasteiger partial charge in [-0.25, -0.2) is 0 Å². The first-order valence-electron chi connectivity index (χ1n) is 5.31. The highest BCUT2D eigenvalue weighted by Gasteiger charge is 2.39.